The van der Waals surface area contributed by atoms with E-state index in [1.165, 1.54) is 0 Å². The van der Waals surface area contributed by atoms with Gasteiger partial charge in [0.05, 0.1) is 18.6 Å². The number of aliphatic hydroxyl groups excluding tert-OH is 1. The summed E-state index contributed by atoms with van der Waals surface area (Å²) in [7, 11) is -5.63. The molecule has 0 unspecified atom stereocenters. The van der Waals surface area contributed by atoms with Crippen LogP contribution >= 0.6 is 0 Å². The largest absolute Gasteiger partial charge is 0.458 e. The molecule has 0 bridgehead atoms. The molecule has 0 aliphatic heterocycles. The summed E-state index contributed by atoms with van der Waals surface area (Å²) in [5.74, 6) is -5.29. The topological polar surface area (TPSA) is 170 Å². The number of hydrogen-bond donors (Lipinski definition) is 1. The van der Waals surface area contributed by atoms with Gasteiger partial charge in [0.25, 0.3) is 0 Å². The third-order valence-electron chi connectivity index (χ3n) is 8.98. The molecule has 0 amide bonds. The van der Waals surface area contributed by atoms with Crippen LogP contribution in [0.1, 0.15) is 76.2 Å². The fraction of sp³-hybridized carbons (Fsp3) is 0.839. The van der Waals surface area contributed by atoms with Gasteiger partial charge in [-0.1, -0.05) is 41.5 Å². The highest BCUT2D eigenvalue weighted by Crippen LogP contribution is 2.45. The summed E-state index contributed by atoms with van der Waals surface area (Å²) in [5.41, 5.74) is 0. The predicted octanol–water partition coefficient (Wildman–Crippen LogP) is 4.05. The zero-order valence-electron chi connectivity index (χ0n) is 30.2. The maximum atomic E-state index is 12.8. The summed E-state index contributed by atoms with van der Waals surface area (Å²) >= 11 is 0. The second-order valence-electron chi connectivity index (χ2n) is 14.9. The molecule has 1 aliphatic carbocycles. The minimum absolute atomic E-state index is 0.379. The molecule has 15 heteroatoms. The summed E-state index contributed by atoms with van der Waals surface area (Å²) in [6.45, 7) is 24.8. The van der Waals surface area contributed by atoms with Crippen LogP contribution in [0, 0.1) is 5.92 Å². The average Bonchev–Trinajstić information content (AvgIpc) is 2.83. The van der Waals surface area contributed by atoms with Crippen molar-refractivity contribution in [3.8, 4) is 0 Å². The second kappa shape index (κ2) is 15.7. The molecule has 0 aromatic heterocycles. The summed E-state index contributed by atoms with van der Waals surface area (Å²) in [4.78, 5) is 63.2. The van der Waals surface area contributed by atoms with Crippen LogP contribution < -0.4 is 0 Å². The lowest BCUT2D eigenvalue weighted by Gasteiger charge is -2.52. The highest BCUT2D eigenvalue weighted by atomic mass is 28.4. The van der Waals surface area contributed by atoms with Gasteiger partial charge in [0.1, 0.15) is 12.2 Å². The summed E-state index contributed by atoms with van der Waals surface area (Å²) in [6, 6.07) is 0. The first kappa shape index (κ1) is 41.7. The molecule has 0 saturated heterocycles. The third-order valence-corrected chi connectivity index (χ3v) is 17.9. The fourth-order valence-corrected chi connectivity index (χ4v) is 7.43. The van der Waals surface area contributed by atoms with Crippen LogP contribution in [0.3, 0.4) is 0 Å². The molecule has 1 aliphatic rings. The number of aliphatic hydroxyl groups is 1. The molecule has 0 heterocycles. The molecule has 8 atom stereocenters. The lowest BCUT2D eigenvalue weighted by Crippen LogP contribution is -2.69. The smallest absolute Gasteiger partial charge is 0.303 e. The number of rotatable bonds is 10. The molecule has 1 rings (SSSR count). The molecular formula is C31H56O13Si2. The SMILES string of the molecule is CC(=O)O[C@H]1[C@@H](OC(C)=O)[C@H](OC(C)=O)[C@H](OC(C)=O)[C@@H](CO)[C@@H](O[Si](C)(C)C(C)(C)C)[C@H](O[Si](C)(C)C(C)(C)C)[C@H]1OC(C)=O. The van der Waals surface area contributed by atoms with Crippen molar-refractivity contribution in [2.45, 2.75) is 155 Å². The highest BCUT2D eigenvalue weighted by Gasteiger charge is 2.60. The fourth-order valence-electron chi connectivity index (χ4n) is 4.79. The van der Waals surface area contributed by atoms with Crippen molar-refractivity contribution in [1.82, 2.24) is 0 Å². The van der Waals surface area contributed by atoms with Gasteiger partial charge in [0.2, 0.25) is 0 Å². The second-order valence-corrected chi connectivity index (χ2v) is 24.4. The normalized spacial score (nSPS) is 27.8. The van der Waals surface area contributed by atoms with E-state index in [-0.39, 0.29) is 5.04 Å². The number of hydrogen-bond acceptors (Lipinski definition) is 13. The minimum atomic E-state index is -2.83. The molecule has 0 aromatic carbocycles. The Balaban J connectivity index is 4.49. The van der Waals surface area contributed by atoms with Crippen molar-refractivity contribution in [3.05, 3.63) is 0 Å². The van der Waals surface area contributed by atoms with Crippen molar-refractivity contribution in [1.29, 1.82) is 0 Å². The van der Waals surface area contributed by atoms with E-state index in [4.69, 9.17) is 32.5 Å². The van der Waals surface area contributed by atoms with Crippen LogP contribution in [0.25, 0.3) is 0 Å². The Morgan fingerprint density at radius 3 is 0.978 bits per heavy atom. The molecular weight excluding hydrogens is 637 g/mol. The molecule has 1 saturated carbocycles. The Bertz CT molecular complexity index is 1110. The molecule has 13 nitrogen and oxygen atoms in total. The lowest BCUT2D eigenvalue weighted by atomic mass is 9.79. The first-order chi connectivity index (χ1) is 20.7. The number of ether oxygens (including phenoxy) is 5. The van der Waals surface area contributed by atoms with Gasteiger partial charge >= 0.3 is 29.8 Å². The lowest BCUT2D eigenvalue weighted by molar-refractivity contribution is -0.241. The van der Waals surface area contributed by atoms with Crippen molar-refractivity contribution < 1.29 is 61.6 Å². The van der Waals surface area contributed by atoms with E-state index < -0.39 is 107 Å². The molecule has 0 spiro atoms. The van der Waals surface area contributed by atoms with Crippen LogP contribution in [0.2, 0.25) is 36.3 Å². The van der Waals surface area contributed by atoms with Gasteiger partial charge in [-0.15, -0.1) is 0 Å². The third kappa shape index (κ3) is 10.9. The molecule has 1 N–H and O–H groups in total. The van der Waals surface area contributed by atoms with Gasteiger partial charge in [-0.2, -0.15) is 0 Å². The van der Waals surface area contributed by atoms with E-state index >= 15 is 0 Å². The van der Waals surface area contributed by atoms with Gasteiger partial charge in [-0.3, -0.25) is 24.0 Å². The Hall–Kier alpha value is -2.34. The molecule has 1 fully saturated rings. The first-order valence-electron chi connectivity index (χ1n) is 15.5. The van der Waals surface area contributed by atoms with Crippen LogP contribution in [0.4, 0.5) is 0 Å². The molecule has 0 radical (unpaired) electrons. The molecule has 46 heavy (non-hydrogen) atoms. The monoisotopic (exact) mass is 692 g/mol. The van der Waals surface area contributed by atoms with E-state index in [9.17, 15) is 29.1 Å². The average molecular weight is 693 g/mol. The Morgan fingerprint density at radius 2 is 0.717 bits per heavy atom. The number of carbonyl (C=O) groups is 5. The van der Waals surface area contributed by atoms with Gasteiger partial charge < -0.3 is 37.6 Å². The van der Waals surface area contributed by atoms with Crippen molar-refractivity contribution >= 4 is 46.5 Å². The quantitative estimate of drug-likeness (QED) is 0.198. The van der Waals surface area contributed by atoms with E-state index in [2.05, 4.69) is 0 Å². The van der Waals surface area contributed by atoms with Crippen LogP contribution in [-0.4, -0.2) is 101 Å². The van der Waals surface area contributed by atoms with Gasteiger partial charge in [-0.25, -0.2) is 0 Å². The predicted molar refractivity (Wildman–Crippen MR) is 172 cm³/mol. The standard InChI is InChI=1S/C31H56O13Si2/c1-17(33)38-23-22(16-32)24(43-45(12,13)30(6,7)8)29(44-46(14,15)31(9,10)11)28(42-21(5)37)27(41-20(4)36)26(40-19(3)35)25(23)39-18(2)34/h22-29,32H,16H2,1-15H3/t22-,23-,24-,25-,26+,27+,28+,29+/m1/s1. The van der Waals surface area contributed by atoms with Gasteiger partial charge in [0, 0.05) is 34.6 Å². The van der Waals surface area contributed by atoms with E-state index in [0.717, 1.165) is 34.6 Å². The molecule has 0 aromatic rings. The van der Waals surface area contributed by atoms with E-state index in [0.29, 0.717) is 0 Å². The van der Waals surface area contributed by atoms with Crippen molar-refractivity contribution in [2.24, 2.45) is 5.92 Å². The van der Waals surface area contributed by atoms with Crippen LogP contribution in [0.5, 0.6) is 0 Å². The van der Waals surface area contributed by atoms with Gasteiger partial charge in [0.15, 0.2) is 41.1 Å². The highest BCUT2D eigenvalue weighted by molar-refractivity contribution is 6.74. The summed E-state index contributed by atoms with van der Waals surface area (Å²) in [5, 5.41) is 10.3. The van der Waals surface area contributed by atoms with Crippen molar-refractivity contribution in [3.63, 3.8) is 0 Å². The summed E-state index contributed by atoms with van der Waals surface area (Å²) < 4.78 is 42.8. The Morgan fingerprint density at radius 1 is 0.478 bits per heavy atom. The van der Waals surface area contributed by atoms with Crippen molar-refractivity contribution in [2.75, 3.05) is 6.61 Å². The number of esters is 5. The van der Waals surface area contributed by atoms with E-state index in [1.54, 1.807) is 0 Å². The maximum Gasteiger partial charge on any atom is 0.303 e. The summed E-state index contributed by atoms with van der Waals surface area (Å²) in [6.07, 6.45) is -10.4. The van der Waals surface area contributed by atoms with Gasteiger partial charge in [-0.05, 0) is 36.3 Å². The first-order valence-corrected chi connectivity index (χ1v) is 21.3. The Kier molecular flexibility index (Phi) is 14.2. The minimum Gasteiger partial charge on any atom is -0.458 e. The zero-order chi connectivity index (χ0) is 36.2. The molecule has 266 valence electrons. The van der Waals surface area contributed by atoms with Crippen LogP contribution in [0.15, 0.2) is 0 Å². The van der Waals surface area contributed by atoms with E-state index in [1.807, 2.05) is 67.7 Å². The Labute approximate surface area is 275 Å². The number of carbonyl (C=O) groups excluding carboxylic acids is 5. The van der Waals surface area contributed by atoms with Crippen LogP contribution in [-0.2, 0) is 56.5 Å². The zero-order valence-corrected chi connectivity index (χ0v) is 32.2. The maximum absolute atomic E-state index is 12.8.